The van der Waals surface area contributed by atoms with Crippen LogP contribution in [0.3, 0.4) is 0 Å². The van der Waals surface area contributed by atoms with Gasteiger partial charge in [-0.15, -0.1) is 0 Å². The molecule has 0 bridgehead atoms. The number of anilines is 1. The Morgan fingerprint density at radius 2 is 2.09 bits per heavy atom. The van der Waals surface area contributed by atoms with Gasteiger partial charge < -0.3 is 9.64 Å². The monoisotopic (exact) mass is 460 g/mol. The average Bonchev–Trinajstić information content (AvgIpc) is 3.51. The minimum absolute atomic E-state index is 0.130. The zero-order valence-electron chi connectivity index (χ0n) is 17.7. The van der Waals surface area contributed by atoms with Crippen molar-refractivity contribution in [1.29, 1.82) is 0 Å². The molecule has 2 amide bonds. The minimum atomic E-state index is -0.308. The number of methoxy groups -OCH3 is 1. The fraction of sp³-hybridized carbons (Fsp3) is 0.174. The summed E-state index contributed by atoms with van der Waals surface area (Å²) in [6.45, 7) is 0.968. The molecule has 0 saturated heterocycles. The predicted molar refractivity (Wildman–Crippen MR) is 123 cm³/mol. The van der Waals surface area contributed by atoms with Crippen LogP contribution in [0, 0.1) is 0 Å². The summed E-state index contributed by atoms with van der Waals surface area (Å²) in [6.07, 6.45) is 2.19. The highest BCUT2D eigenvalue weighted by Gasteiger charge is 2.26. The highest BCUT2D eigenvalue weighted by molar-refractivity contribution is 7.15. The maximum absolute atomic E-state index is 13.1. The first-order valence-electron chi connectivity index (χ1n) is 10.3. The molecule has 33 heavy (non-hydrogen) atoms. The first-order valence-corrected chi connectivity index (χ1v) is 11.1. The molecule has 9 nitrogen and oxygen atoms in total. The molecular formula is C23H20N6O3S. The van der Waals surface area contributed by atoms with Gasteiger partial charge in [-0.1, -0.05) is 29.5 Å². The molecule has 0 spiro atoms. The highest BCUT2D eigenvalue weighted by Crippen LogP contribution is 2.30. The van der Waals surface area contributed by atoms with Gasteiger partial charge in [-0.2, -0.15) is 5.10 Å². The van der Waals surface area contributed by atoms with Crippen LogP contribution in [-0.4, -0.2) is 50.5 Å². The Morgan fingerprint density at radius 3 is 2.91 bits per heavy atom. The van der Waals surface area contributed by atoms with Crippen LogP contribution < -0.4 is 10.1 Å². The van der Waals surface area contributed by atoms with Crippen molar-refractivity contribution in [2.75, 3.05) is 19.0 Å². The molecule has 3 aromatic heterocycles. The Hall–Kier alpha value is -4.05. The predicted octanol–water partition coefficient (Wildman–Crippen LogP) is 3.39. The third-order valence-corrected chi connectivity index (χ3v) is 6.31. The van der Waals surface area contributed by atoms with E-state index >= 15 is 0 Å². The number of nitrogens with one attached hydrogen (secondary N) is 2. The second-order valence-electron chi connectivity index (χ2n) is 7.43. The van der Waals surface area contributed by atoms with Gasteiger partial charge in [0.15, 0.2) is 5.13 Å². The number of amides is 2. The molecule has 0 saturated carbocycles. The van der Waals surface area contributed by atoms with E-state index in [1.54, 1.807) is 42.5 Å². The number of carbonyl (C=O) groups is 2. The van der Waals surface area contributed by atoms with Crippen LogP contribution in [0.15, 0.2) is 54.7 Å². The van der Waals surface area contributed by atoms with E-state index in [0.717, 1.165) is 21.9 Å². The molecule has 4 heterocycles. The van der Waals surface area contributed by atoms with Crippen molar-refractivity contribution < 1.29 is 14.3 Å². The van der Waals surface area contributed by atoms with Crippen molar-refractivity contribution in [3.8, 4) is 17.0 Å². The van der Waals surface area contributed by atoms with Gasteiger partial charge in [-0.3, -0.25) is 25.0 Å². The van der Waals surface area contributed by atoms with E-state index in [0.29, 0.717) is 41.7 Å². The molecule has 5 rings (SSSR count). The second kappa shape index (κ2) is 8.83. The molecule has 1 aliphatic heterocycles. The van der Waals surface area contributed by atoms with Crippen molar-refractivity contribution in [2.45, 2.75) is 13.0 Å². The maximum atomic E-state index is 13.1. The van der Waals surface area contributed by atoms with E-state index in [1.165, 1.54) is 11.3 Å². The van der Waals surface area contributed by atoms with Crippen LogP contribution in [0.25, 0.3) is 11.3 Å². The number of hydrogen-bond acceptors (Lipinski definition) is 7. The quantitative estimate of drug-likeness (QED) is 0.472. The molecule has 0 atom stereocenters. The van der Waals surface area contributed by atoms with Crippen LogP contribution in [0.1, 0.15) is 31.5 Å². The number of ether oxygens (including phenoxy) is 1. The molecule has 1 aromatic carbocycles. The van der Waals surface area contributed by atoms with E-state index in [1.807, 2.05) is 24.3 Å². The van der Waals surface area contributed by atoms with Crippen LogP contribution in [-0.2, 0) is 13.0 Å². The zero-order valence-corrected chi connectivity index (χ0v) is 18.6. The van der Waals surface area contributed by atoms with Gasteiger partial charge in [0.05, 0.1) is 25.0 Å². The van der Waals surface area contributed by atoms with E-state index in [4.69, 9.17) is 4.74 Å². The second-order valence-corrected chi connectivity index (χ2v) is 8.52. The Labute approximate surface area is 193 Å². The SMILES string of the molecule is COc1cccc(-c2cc(C(=O)N3CCc4nc(NC(=O)c5ccccn5)sc4C3)[nH]n2)c1. The molecule has 0 unspecified atom stereocenters. The van der Waals surface area contributed by atoms with Crippen LogP contribution >= 0.6 is 11.3 Å². The average molecular weight is 461 g/mol. The number of hydrogen-bond donors (Lipinski definition) is 2. The topological polar surface area (TPSA) is 113 Å². The molecule has 166 valence electrons. The highest BCUT2D eigenvalue weighted by atomic mass is 32.1. The van der Waals surface area contributed by atoms with Gasteiger partial charge in [-0.25, -0.2) is 4.98 Å². The van der Waals surface area contributed by atoms with Gasteiger partial charge in [-0.05, 0) is 30.3 Å². The first kappa shape index (κ1) is 20.8. The number of aromatic nitrogens is 4. The van der Waals surface area contributed by atoms with Crippen LogP contribution in [0.4, 0.5) is 5.13 Å². The number of fused-ring (bicyclic) bond motifs is 1. The smallest absolute Gasteiger partial charge is 0.276 e. The van der Waals surface area contributed by atoms with Crippen molar-refractivity contribution >= 4 is 28.3 Å². The molecule has 0 fully saturated rings. The van der Waals surface area contributed by atoms with E-state index in [-0.39, 0.29) is 11.8 Å². The van der Waals surface area contributed by atoms with E-state index < -0.39 is 0 Å². The number of benzene rings is 1. The van der Waals surface area contributed by atoms with Crippen LogP contribution in [0.2, 0.25) is 0 Å². The Kier molecular flexibility index (Phi) is 5.57. The standard InChI is InChI=1S/C23H20N6O3S/c1-32-15-6-4-5-14(11-15)18-12-19(28-27-18)22(31)29-10-8-16-20(13-29)33-23(25-16)26-21(30)17-7-2-3-9-24-17/h2-7,9,11-12H,8,10,13H2,1H3,(H,27,28)(H,25,26,30). The summed E-state index contributed by atoms with van der Waals surface area (Å²) < 4.78 is 5.26. The van der Waals surface area contributed by atoms with Crippen molar-refractivity contribution in [3.05, 3.63) is 76.7 Å². The molecule has 1 aliphatic rings. The summed E-state index contributed by atoms with van der Waals surface area (Å²) in [5.41, 5.74) is 3.19. The summed E-state index contributed by atoms with van der Waals surface area (Å²) in [7, 11) is 1.61. The van der Waals surface area contributed by atoms with E-state index in [9.17, 15) is 9.59 Å². The van der Waals surface area contributed by atoms with Gasteiger partial charge >= 0.3 is 0 Å². The van der Waals surface area contributed by atoms with Gasteiger partial charge in [0, 0.05) is 29.6 Å². The molecule has 10 heteroatoms. The Balaban J connectivity index is 1.28. The lowest BCUT2D eigenvalue weighted by Gasteiger charge is -2.25. The summed E-state index contributed by atoms with van der Waals surface area (Å²) in [6, 6.07) is 14.4. The Morgan fingerprint density at radius 1 is 1.18 bits per heavy atom. The van der Waals surface area contributed by atoms with Crippen molar-refractivity contribution in [2.24, 2.45) is 0 Å². The summed E-state index contributed by atoms with van der Waals surface area (Å²) in [4.78, 5) is 36.7. The largest absolute Gasteiger partial charge is 0.497 e. The normalized spacial score (nSPS) is 12.8. The summed E-state index contributed by atoms with van der Waals surface area (Å²) in [5.74, 6) is 0.287. The number of rotatable bonds is 5. The number of nitrogens with zero attached hydrogens (tertiary/aromatic N) is 4. The van der Waals surface area contributed by atoms with Crippen molar-refractivity contribution in [3.63, 3.8) is 0 Å². The molecule has 0 radical (unpaired) electrons. The summed E-state index contributed by atoms with van der Waals surface area (Å²) >= 11 is 1.38. The van der Waals surface area contributed by atoms with Gasteiger partial charge in [0.1, 0.15) is 17.1 Å². The zero-order chi connectivity index (χ0) is 22.8. The maximum Gasteiger partial charge on any atom is 0.276 e. The third-order valence-electron chi connectivity index (χ3n) is 5.31. The number of pyridine rings is 1. The number of thiazole rings is 1. The molecule has 4 aromatic rings. The fourth-order valence-corrected chi connectivity index (χ4v) is 4.63. The molecule has 2 N–H and O–H groups in total. The van der Waals surface area contributed by atoms with Crippen LogP contribution in [0.5, 0.6) is 5.75 Å². The lowest BCUT2D eigenvalue weighted by Crippen LogP contribution is -2.35. The minimum Gasteiger partial charge on any atom is -0.497 e. The number of carbonyl (C=O) groups excluding carboxylic acids is 2. The first-order chi connectivity index (χ1) is 16.1. The molecule has 0 aliphatic carbocycles. The lowest BCUT2D eigenvalue weighted by molar-refractivity contribution is 0.0730. The third kappa shape index (κ3) is 4.33. The number of H-pyrrole nitrogens is 1. The Bertz CT molecular complexity index is 1320. The number of aromatic amines is 1. The fourth-order valence-electron chi connectivity index (χ4n) is 3.61. The molecular weight excluding hydrogens is 440 g/mol. The van der Waals surface area contributed by atoms with Gasteiger partial charge in [0.2, 0.25) is 0 Å². The van der Waals surface area contributed by atoms with Crippen molar-refractivity contribution in [1.82, 2.24) is 25.1 Å². The van der Waals surface area contributed by atoms with Gasteiger partial charge in [0.25, 0.3) is 11.8 Å². The lowest BCUT2D eigenvalue weighted by atomic mass is 10.1. The summed E-state index contributed by atoms with van der Waals surface area (Å²) in [5, 5.41) is 10.5. The van der Waals surface area contributed by atoms with E-state index in [2.05, 4.69) is 25.5 Å².